The Kier molecular flexibility index (Phi) is 13.2. The molecule has 10 heterocycles. The van der Waals surface area contributed by atoms with E-state index in [1.807, 2.05) is 55.6 Å². The highest BCUT2D eigenvalue weighted by molar-refractivity contribution is 6.31. The quantitative estimate of drug-likeness (QED) is 0.140. The zero-order valence-electron chi connectivity index (χ0n) is 41.0. The van der Waals surface area contributed by atoms with Crippen molar-refractivity contribution in [2.24, 2.45) is 0 Å². The number of ether oxygens (including phenoxy) is 4. The van der Waals surface area contributed by atoms with Crippen LogP contribution >= 0.6 is 11.6 Å². The van der Waals surface area contributed by atoms with Crippen LogP contribution in [-0.2, 0) is 4.74 Å². The highest BCUT2D eigenvalue weighted by atomic mass is 35.5. The minimum Gasteiger partial charge on any atom is -0.496 e. The summed E-state index contributed by atoms with van der Waals surface area (Å²) in [5, 5.41) is 32.4. The summed E-state index contributed by atoms with van der Waals surface area (Å²) in [6.07, 6.45) is 4.13. The fourth-order valence-corrected chi connectivity index (χ4v) is 10.4. The molecule has 19 nitrogen and oxygen atoms in total. The first-order chi connectivity index (χ1) is 34.2. The first-order valence-corrected chi connectivity index (χ1v) is 24.3. The number of carbonyl (C=O) groups excluding carboxylic acids is 1. The van der Waals surface area contributed by atoms with Crippen molar-refractivity contribution < 1.29 is 34.0 Å². The number of hydrogen-bond acceptors (Lipinski definition) is 17. The Hall–Kier alpha value is -6.64. The van der Waals surface area contributed by atoms with Gasteiger partial charge in [0.2, 0.25) is 0 Å². The van der Waals surface area contributed by atoms with E-state index >= 15 is 0 Å². The van der Waals surface area contributed by atoms with E-state index in [0.29, 0.717) is 45.9 Å². The average Bonchev–Trinajstić information content (AvgIpc) is 4.15. The van der Waals surface area contributed by atoms with Crippen LogP contribution in [0.5, 0.6) is 17.2 Å². The molecule has 372 valence electrons. The maximum atomic E-state index is 12.9. The number of hydrogen-bond donors (Lipinski definition) is 3. The van der Waals surface area contributed by atoms with Gasteiger partial charge >= 0.3 is 6.09 Å². The lowest BCUT2D eigenvalue weighted by Gasteiger charge is -2.37. The van der Waals surface area contributed by atoms with E-state index in [9.17, 15) is 15.0 Å². The van der Waals surface area contributed by atoms with E-state index in [1.54, 1.807) is 47.3 Å². The number of pyridine rings is 4. The van der Waals surface area contributed by atoms with Crippen molar-refractivity contribution in [3.8, 4) is 51.0 Å². The molecule has 4 aliphatic rings. The van der Waals surface area contributed by atoms with Crippen LogP contribution in [0.2, 0.25) is 5.15 Å². The van der Waals surface area contributed by atoms with Gasteiger partial charge in [0.25, 0.3) is 0 Å². The van der Waals surface area contributed by atoms with E-state index in [2.05, 4.69) is 50.9 Å². The number of aromatic nitrogens is 8. The van der Waals surface area contributed by atoms with Gasteiger partial charge in [0.05, 0.1) is 39.1 Å². The number of piperazine rings is 2. The molecule has 4 atom stereocenters. The van der Waals surface area contributed by atoms with E-state index < -0.39 is 11.7 Å². The number of nitrogens with zero attached hydrogens (tertiary/aromatic N) is 11. The van der Waals surface area contributed by atoms with Gasteiger partial charge in [-0.25, -0.2) is 24.7 Å². The molecule has 0 saturated carbocycles. The van der Waals surface area contributed by atoms with Crippen molar-refractivity contribution in [3.05, 3.63) is 77.7 Å². The van der Waals surface area contributed by atoms with Crippen LogP contribution in [-0.4, -0.2) is 170 Å². The third-order valence-corrected chi connectivity index (χ3v) is 14.0. The first-order valence-electron chi connectivity index (χ1n) is 23.9. The maximum absolute atomic E-state index is 12.9. The van der Waals surface area contributed by atoms with Crippen molar-refractivity contribution in [2.45, 2.75) is 70.4 Å². The molecule has 71 heavy (non-hydrogen) atoms. The topological polar surface area (TPSA) is 205 Å². The predicted molar refractivity (Wildman–Crippen MR) is 271 cm³/mol. The first kappa shape index (κ1) is 48.0. The van der Waals surface area contributed by atoms with E-state index in [-0.39, 0.29) is 17.4 Å². The summed E-state index contributed by atoms with van der Waals surface area (Å²) in [6.45, 7) is 14.3. The molecule has 0 radical (unpaired) electrons. The molecule has 3 N–H and O–H groups in total. The second-order valence-electron chi connectivity index (χ2n) is 19.5. The van der Waals surface area contributed by atoms with Gasteiger partial charge in [0.15, 0.2) is 10.9 Å². The largest absolute Gasteiger partial charge is 0.496 e. The molecule has 0 aliphatic carbocycles. The molecular formula is C51H59ClN12O7. The van der Waals surface area contributed by atoms with Crippen LogP contribution in [0.1, 0.15) is 39.2 Å². The van der Waals surface area contributed by atoms with E-state index in [0.717, 1.165) is 122 Å². The molecule has 11 rings (SSSR count). The molecule has 6 aromatic heterocycles. The van der Waals surface area contributed by atoms with E-state index in [1.165, 1.54) is 11.8 Å². The van der Waals surface area contributed by atoms with E-state index in [4.69, 9.17) is 40.5 Å². The molecule has 0 bridgehead atoms. The number of benzene rings is 1. The summed E-state index contributed by atoms with van der Waals surface area (Å²) in [6, 6.07) is 18.2. The second-order valence-corrected chi connectivity index (χ2v) is 19.9. The lowest BCUT2D eigenvalue weighted by atomic mass is 10.0. The summed E-state index contributed by atoms with van der Waals surface area (Å²) in [5.74, 6) is 3.61. The SMILES string of the molecule is COc1cc2[nH]nc(-c3ccc(N4CCN5C[C@H](O)C[C@H]5C4)nc3)c2nc1-c1cccc(OC)c1C.COc1cc2c(nc1Cl)c(-c1ccc(N3CCN4C[C@H](O)C[C@H]4C3)nc1)nn2C(=O)OC(C)(C)C. The number of aliphatic hydroxyl groups excluding tert-OH is 2. The zero-order valence-corrected chi connectivity index (χ0v) is 41.7. The Morgan fingerprint density at radius 2 is 1.32 bits per heavy atom. The highest BCUT2D eigenvalue weighted by Crippen LogP contribution is 2.39. The molecule has 20 heteroatoms. The van der Waals surface area contributed by atoms with Gasteiger partial charge in [-0.3, -0.25) is 14.9 Å². The monoisotopic (exact) mass is 986 g/mol. The number of H-pyrrole nitrogens is 1. The number of halogens is 1. The molecule has 7 aromatic rings. The van der Waals surface area contributed by atoms with Gasteiger partial charge in [-0.05, 0) is 70.9 Å². The van der Waals surface area contributed by atoms with Crippen molar-refractivity contribution in [1.29, 1.82) is 0 Å². The Morgan fingerprint density at radius 3 is 1.89 bits per heavy atom. The van der Waals surface area contributed by atoms with Crippen molar-refractivity contribution in [1.82, 2.24) is 49.7 Å². The number of anilines is 2. The van der Waals surface area contributed by atoms with Crippen LogP contribution in [0.15, 0.2) is 67.0 Å². The van der Waals surface area contributed by atoms with Crippen molar-refractivity contribution in [3.63, 3.8) is 0 Å². The molecule has 4 aliphatic heterocycles. The van der Waals surface area contributed by atoms with Crippen LogP contribution in [0.4, 0.5) is 16.4 Å². The smallest absolute Gasteiger partial charge is 0.435 e. The number of fused-ring (bicyclic) bond motifs is 4. The van der Waals surface area contributed by atoms with Crippen LogP contribution in [0.25, 0.3) is 55.8 Å². The van der Waals surface area contributed by atoms with Crippen LogP contribution < -0.4 is 24.0 Å². The van der Waals surface area contributed by atoms with Gasteiger partial charge < -0.3 is 39.0 Å². The maximum Gasteiger partial charge on any atom is 0.435 e. The normalized spacial score (nSPS) is 20.4. The van der Waals surface area contributed by atoms with Gasteiger partial charge in [0.1, 0.15) is 62.4 Å². The predicted octanol–water partition coefficient (Wildman–Crippen LogP) is 6.46. The van der Waals surface area contributed by atoms with Gasteiger partial charge in [-0.15, -0.1) is 0 Å². The fourth-order valence-electron chi connectivity index (χ4n) is 10.2. The second kappa shape index (κ2) is 19.5. The molecule has 0 amide bonds. The third-order valence-electron chi connectivity index (χ3n) is 13.7. The lowest BCUT2D eigenvalue weighted by molar-refractivity contribution is 0.0523. The average molecular weight is 988 g/mol. The minimum absolute atomic E-state index is 0.172. The highest BCUT2D eigenvalue weighted by Gasteiger charge is 2.37. The molecule has 0 unspecified atom stereocenters. The summed E-state index contributed by atoms with van der Waals surface area (Å²) < 4.78 is 23.2. The number of aliphatic hydroxyl groups is 2. The van der Waals surface area contributed by atoms with Crippen molar-refractivity contribution >= 4 is 51.4 Å². The van der Waals surface area contributed by atoms with Gasteiger partial charge in [-0.1, -0.05) is 23.7 Å². The fraction of sp³-hybridized carbons (Fsp3) is 0.431. The van der Waals surface area contributed by atoms with Crippen LogP contribution in [0, 0.1) is 6.92 Å². The Bertz CT molecular complexity index is 3070. The molecule has 4 fully saturated rings. The summed E-state index contributed by atoms with van der Waals surface area (Å²) in [7, 11) is 4.80. The summed E-state index contributed by atoms with van der Waals surface area (Å²) >= 11 is 6.31. The number of carbonyl (C=O) groups is 1. The summed E-state index contributed by atoms with van der Waals surface area (Å²) in [5.41, 5.74) is 7.24. The lowest BCUT2D eigenvalue weighted by Crippen LogP contribution is -2.50. The molecular weight excluding hydrogens is 928 g/mol. The number of rotatable bonds is 8. The van der Waals surface area contributed by atoms with Crippen molar-refractivity contribution in [2.75, 3.05) is 83.5 Å². The number of nitrogens with one attached hydrogen (secondary N) is 1. The Balaban J connectivity index is 0.000000164. The molecule has 4 saturated heterocycles. The Labute approximate surface area is 416 Å². The zero-order chi connectivity index (χ0) is 49.7. The Morgan fingerprint density at radius 1 is 0.718 bits per heavy atom. The summed E-state index contributed by atoms with van der Waals surface area (Å²) in [4.78, 5) is 41.1. The van der Waals surface area contributed by atoms with Crippen LogP contribution in [0.3, 0.4) is 0 Å². The standard InChI is InChI=1S/C27H30N6O3.C24H29ClN6O4/c1-16-20(5-4-6-22(16)35-2)26-23(36-3)12-21-27(29-26)25(31-30-21)17-7-8-24(28-13-17)33-10-9-32-15-19(34)11-18(32)14-33;1-24(2,3)35-23(33)31-17-10-18(34-4)22(25)27-21(17)20(28-31)14-5-6-19(26-11-14)30-8-7-29-13-16(32)9-15(29)12-30/h4-8,12-13,18-19,34H,9-11,14-15H2,1-3H3,(H,30,31);5-6,10-11,15-16,32H,7-9,12-13H2,1-4H3/t18-,19+;15-,16+/m00/s1. The van der Waals surface area contributed by atoms with Gasteiger partial charge in [0, 0.05) is 111 Å². The third kappa shape index (κ3) is 9.63. The minimum atomic E-state index is -0.692. The van der Waals surface area contributed by atoms with Gasteiger partial charge in [-0.2, -0.15) is 14.9 Å². The number of methoxy groups -OCH3 is 3. The molecule has 1 aromatic carbocycles. The number of aromatic amines is 1. The molecule has 0 spiro atoms.